The molecule has 1 aliphatic carbocycles. The van der Waals surface area contributed by atoms with Crippen molar-refractivity contribution in [1.82, 2.24) is 4.98 Å². The molecule has 6 heteroatoms. The first-order valence-electron chi connectivity index (χ1n) is 8.81. The Morgan fingerprint density at radius 3 is 2.54 bits per heavy atom. The van der Waals surface area contributed by atoms with E-state index in [0.29, 0.717) is 17.2 Å². The molecule has 2 aromatic rings. The minimum atomic E-state index is -0.521. The van der Waals surface area contributed by atoms with Gasteiger partial charge in [-0.1, -0.05) is 43.0 Å². The summed E-state index contributed by atoms with van der Waals surface area (Å²) in [4.78, 5) is 27.9. The number of hydrogen-bond donors (Lipinski definition) is 1. The maximum Gasteiger partial charge on any atom is 0.338 e. The summed E-state index contributed by atoms with van der Waals surface area (Å²) in [5.74, 6) is -0.400. The van der Waals surface area contributed by atoms with Crippen LogP contribution in [0.2, 0.25) is 5.15 Å². The highest BCUT2D eigenvalue weighted by Crippen LogP contribution is 2.32. The molecular formula is C20H21ClN2O3. The summed E-state index contributed by atoms with van der Waals surface area (Å²) >= 11 is 5.87. The molecule has 0 bridgehead atoms. The van der Waals surface area contributed by atoms with E-state index in [-0.39, 0.29) is 11.8 Å². The van der Waals surface area contributed by atoms with Gasteiger partial charge in [0.05, 0.1) is 11.3 Å². The zero-order chi connectivity index (χ0) is 18.4. The van der Waals surface area contributed by atoms with E-state index in [9.17, 15) is 9.59 Å². The van der Waals surface area contributed by atoms with Crippen LogP contribution in [0.15, 0.2) is 42.6 Å². The summed E-state index contributed by atoms with van der Waals surface area (Å²) in [6.07, 6.45) is 7.79. The number of pyridine rings is 1. The zero-order valence-electron chi connectivity index (χ0n) is 14.4. The molecule has 0 spiro atoms. The van der Waals surface area contributed by atoms with Gasteiger partial charge in [-0.3, -0.25) is 4.79 Å². The molecule has 1 aromatic heterocycles. The third kappa shape index (κ3) is 4.82. The lowest BCUT2D eigenvalue weighted by Crippen LogP contribution is -2.21. The van der Waals surface area contributed by atoms with Crippen molar-refractivity contribution in [3.63, 3.8) is 0 Å². The van der Waals surface area contributed by atoms with Crippen molar-refractivity contribution < 1.29 is 14.3 Å². The quantitative estimate of drug-likeness (QED) is 0.616. The van der Waals surface area contributed by atoms with Crippen LogP contribution >= 0.6 is 11.6 Å². The molecule has 1 fully saturated rings. The number of rotatable bonds is 5. The van der Waals surface area contributed by atoms with Gasteiger partial charge in [0, 0.05) is 6.20 Å². The standard InChI is InChI=1S/C20H21ClN2O3/c21-19-17(7-4-12-22-19)23-18(24)13-26-20(25)16-10-8-15(9-11-16)14-5-2-1-3-6-14/h4,7-12,14H,1-3,5-6,13H2,(H,23,24). The number of nitrogens with zero attached hydrogens (tertiary/aromatic N) is 1. The Morgan fingerprint density at radius 2 is 1.85 bits per heavy atom. The van der Waals surface area contributed by atoms with Crippen LogP contribution in [0.5, 0.6) is 0 Å². The fraction of sp³-hybridized carbons (Fsp3) is 0.350. The molecule has 1 amide bonds. The highest BCUT2D eigenvalue weighted by Gasteiger charge is 2.16. The van der Waals surface area contributed by atoms with Gasteiger partial charge in [0.1, 0.15) is 0 Å². The van der Waals surface area contributed by atoms with Crippen molar-refractivity contribution in [2.45, 2.75) is 38.0 Å². The Kier molecular flexibility index (Phi) is 6.23. The molecule has 1 aliphatic rings. The minimum Gasteiger partial charge on any atom is -0.452 e. The third-order valence-electron chi connectivity index (χ3n) is 4.59. The van der Waals surface area contributed by atoms with Gasteiger partial charge < -0.3 is 10.1 Å². The van der Waals surface area contributed by atoms with E-state index < -0.39 is 11.9 Å². The first-order chi connectivity index (χ1) is 12.6. The van der Waals surface area contributed by atoms with Crippen molar-refractivity contribution in [1.29, 1.82) is 0 Å². The number of nitrogens with one attached hydrogen (secondary N) is 1. The normalized spacial score (nSPS) is 14.7. The van der Waals surface area contributed by atoms with E-state index in [1.54, 1.807) is 24.3 Å². The molecule has 0 saturated heterocycles. The second kappa shape index (κ2) is 8.81. The van der Waals surface area contributed by atoms with E-state index in [0.717, 1.165) is 0 Å². The maximum atomic E-state index is 12.1. The molecule has 136 valence electrons. The van der Waals surface area contributed by atoms with Crippen molar-refractivity contribution in [2.24, 2.45) is 0 Å². The van der Waals surface area contributed by atoms with Crippen LogP contribution in [0, 0.1) is 0 Å². The zero-order valence-corrected chi connectivity index (χ0v) is 15.2. The number of halogens is 1. The van der Waals surface area contributed by atoms with Crippen LogP contribution in [-0.4, -0.2) is 23.5 Å². The summed E-state index contributed by atoms with van der Waals surface area (Å²) in [7, 11) is 0. The predicted molar refractivity (Wildman–Crippen MR) is 100 cm³/mol. The van der Waals surface area contributed by atoms with Gasteiger partial charge in [-0.15, -0.1) is 0 Å². The highest BCUT2D eigenvalue weighted by molar-refractivity contribution is 6.32. The molecule has 1 heterocycles. The lowest BCUT2D eigenvalue weighted by atomic mass is 9.84. The number of aromatic nitrogens is 1. The van der Waals surface area contributed by atoms with Gasteiger partial charge in [-0.25, -0.2) is 9.78 Å². The lowest BCUT2D eigenvalue weighted by Gasteiger charge is -2.21. The Balaban J connectivity index is 1.51. The number of hydrogen-bond acceptors (Lipinski definition) is 4. The largest absolute Gasteiger partial charge is 0.452 e. The molecule has 26 heavy (non-hydrogen) atoms. The number of amides is 1. The second-order valence-corrected chi connectivity index (χ2v) is 6.78. The number of carbonyl (C=O) groups excluding carboxylic acids is 2. The summed E-state index contributed by atoms with van der Waals surface area (Å²) in [6, 6.07) is 10.8. The van der Waals surface area contributed by atoms with E-state index in [1.165, 1.54) is 43.9 Å². The average Bonchev–Trinajstić information content (AvgIpc) is 2.69. The van der Waals surface area contributed by atoms with Crippen LogP contribution in [0.3, 0.4) is 0 Å². The summed E-state index contributed by atoms with van der Waals surface area (Å²) in [5.41, 5.74) is 2.09. The van der Waals surface area contributed by atoms with Crippen LogP contribution < -0.4 is 5.32 Å². The van der Waals surface area contributed by atoms with Gasteiger partial charge >= 0.3 is 5.97 Å². The summed E-state index contributed by atoms with van der Waals surface area (Å²) in [6.45, 7) is -0.381. The number of benzene rings is 1. The molecule has 3 rings (SSSR count). The first kappa shape index (κ1) is 18.4. The maximum absolute atomic E-state index is 12.1. The molecule has 0 unspecified atom stereocenters. The molecule has 1 aromatic carbocycles. The summed E-state index contributed by atoms with van der Waals surface area (Å²) < 4.78 is 5.07. The first-order valence-corrected chi connectivity index (χ1v) is 9.19. The SMILES string of the molecule is O=C(COC(=O)c1ccc(C2CCCCC2)cc1)Nc1cccnc1Cl. The van der Waals surface area contributed by atoms with Gasteiger partial charge in [0.2, 0.25) is 0 Å². The fourth-order valence-electron chi connectivity index (χ4n) is 3.21. The topological polar surface area (TPSA) is 68.3 Å². The summed E-state index contributed by atoms with van der Waals surface area (Å²) in [5, 5.41) is 2.74. The number of carbonyl (C=O) groups is 2. The van der Waals surface area contributed by atoms with Crippen LogP contribution in [-0.2, 0) is 9.53 Å². The number of ether oxygens (including phenoxy) is 1. The molecular weight excluding hydrogens is 352 g/mol. The average molecular weight is 373 g/mol. The van der Waals surface area contributed by atoms with Crippen LogP contribution in [0.25, 0.3) is 0 Å². The molecule has 1 saturated carbocycles. The van der Waals surface area contributed by atoms with Gasteiger partial charge in [0.25, 0.3) is 5.91 Å². The van der Waals surface area contributed by atoms with Gasteiger partial charge in [0.15, 0.2) is 11.8 Å². The third-order valence-corrected chi connectivity index (χ3v) is 4.89. The minimum absolute atomic E-state index is 0.186. The van der Waals surface area contributed by atoms with Gasteiger partial charge in [-0.2, -0.15) is 0 Å². The Morgan fingerprint density at radius 1 is 1.12 bits per heavy atom. The molecule has 5 nitrogen and oxygen atoms in total. The Labute approximate surface area is 157 Å². The van der Waals surface area contributed by atoms with Gasteiger partial charge in [-0.05, 0) is 48.6 Å². The molecule has 1 N–H and O–H groups in total. The fourth-order valence-corrected chi connectivity index (χ4v) is 3.37. The smallest absolute Gasteiger partial charge is 0.338 e. The predicted octanol–water partition coefficient (Wildman–Crippen LogP) is 4.58. The van der Waals surface area contributed by atoms with E-state index in [2.05, 4.69) is 10.3 Å². The van der Waals surface area contributed by atoms with Crippen LogP contribution in [0.4, 0.5) is 5.69 Å². The number of anilines is 1. The monoisotopic (exact) mass is 372 g/mol. The molecule has 0 atom stereocenters. The van der Waals surface area contributed by atoms with E-state index in [4.69, 9.17) is 16.3 Å². The number of esters is 1. The Bertz CT molecular complexity index is 771. The lowest BCUT2D eigenvalue weighted by molar-refractivity contribution is -0.119. The van der Waals surface area contributed by atoms with Crippen molar-refractivity contribution in [2.75, 3.05) is 11.9 Å². The Hall–Kier alpha value is -2.40. The second-order valence-electron chi connectivity index (χ2n) is 6.42. The van der Waals surface area contributed by atoms with Crippen molar-refractivity contribution >= 4 is 29.2 Å². The van der Waals surface area contributed by atoms with E-state index in [1.807, 2.05) is 12.1 Å². The molecule has 0 aliphatic heterocycles. The molecule has 0 radical (unpaired) electrons. The van der Waals surface area contributed by atoms with Crippen molar-refractivity contribution in [3.8, 4) is 0 Å². The van der Waals surface area contributed by atoms with Crippen molar-refractivity contribution in [3.05, 3.63) is 58.9 Å². The highest BCUT2D eigenvalue weighted by atomic mass is 35.5. The van der Waals surface area contributed by atoms with E-state index >= 15 is 0 Å². The van der Waals surface area contributed by atoms with Crippen LogP contribution in [0.1, 0.15) is 53.9 Å².